The van der Waals surface area contributed by atoms with Crippen LogP contribution in [-0.4, -0.2) is 18.1 Å². The molecular weight excluding hydrogens is 308 g/mol. The number of aromatic nitrogens is 1. The molecule has 2 aromatic rings. The predicted octanol–water partition coefficient (Wildman–Crippen LogP) is 3.68. The lowest BCUT2D eigenvalue weighted by Gasteiger charge is -2.10. The van der Waals surface area contributed by atoms with E-state index in [9.17, 15) is 4.79 Å². The molecular formula is C14H13BrN2O2. The van der Waals surface area contributed by atoms with Crippen LogP contribution in [0.5, 0.6) is 0 Å². The van der Waals surface area contributed by atoms with E-state index >= 15 is 0 Å². The van der Waals surface area contributed by atoms with Gasteiger partial charge in [-0.2, -0.15) is 0 Å². The van der Waals surface area contributed by atoms with E-state index in [1.165, 1.54) is 7.11 Å². The highest BCUT2D eigenvalue weighted by atomic mass is 79.9. The molecule has 1 aromatic heterocycles. The molecule has 2 rings (SSSR count). The van der Waals surface area contributed by atoms with Crippen molar-refractivity contribution in [2.24, 2.45) is 0 Å². The summed E-state index contributed by atoms with van der Waals surface area (Å²) in [4.78, 5) is 15.6. The largest absolute Gasteiger partial charge is 0.465 e. The first-order valence-electron chi connectivity index (χ1n) is 5.68. The fourth-order valence-corrected chi connectivity index (χ4v) is 1.99. The third-order valence-corrected chi connectivity index (χ3v) is 3.69. The maximum absolute atomic E-state index is 11.5. The van der Waals surface area contributed by atoms with Crippen molar-refractivity contribution in [3.05, 3.63) is 52.1 Å². The Labute approximate surface area is 119 Å². The Balaban J connectivity index is 2.28. The zero-order chi connectivity index (χ0) is 13.8. The number of rotatable bonds is 3. The van der Waals surface area contributed by atoms with Gasteiger partial charge in [-0.3, -0.25) is 0 Å². The zero-order valence-electron chi connectivity index (χ0n) is 10.6. The van der Waals surface area contributed by atoms with E-state index < -0.39 is 0 Å². The van der Waals surface area contributed by atoms with Crippen LogP contribution in [0.1, 0.15) is 15.9 Å². The first-order chi connectivity index (χ1) is 9.11. The van der Waals surface area contributed by atoms with Crippen LogP contribution in [-0.2, 0) is 4.74 Å². The topological polar surface area (TPSA) is 51.2 Å². The molecule has 0 aliphatic rings. The number of nitrogens with one attached hydrogen (secondary N) is 1. The minimum absolute atomic E-state index is 0.381. The molecule has 0 aliphatic heterocycles. The lowest BCUT2D eigenvalue weighted by Crippen LogP contribution is -2.03. The summed E-state index contributed by atoms with van der Waals surface area (Å²) in [6.45, 7) is 2.01. The number of carbonyl (C=O) groups excluding carboxylic acids is 1. The first kappa shape index (κ1) is 13.5. The van der Waals surface area contributed by atoms with E-state index in [0.29, 0.717) is 11.4 Å². The van der Waals surface area contributed by atoms with Crippen LogP contribution in [0.4, 0.5) is 11.5 Å². The van der Waals surface area contributed by atoms with Gasteiger partial charge in [-0.1, -0.05) is 12.1 Å². The highest BCUT2D eigenvalue weighted by Gasteiger charge is 2.08. The second-order valence-electron chi connectivity index (χ2n) is 3.98. The van der Waals surface area contributed by atoms with Gasteiger partial charge in [0.05, 0.1) is 18.4 Å². The molecule has 0 radical (unpaired) electrons. The van der Waals surface area contributed by atoms with Crippen LogP contribution in [0.25, 0.3) is 0 Å². The fraction of sp³-hybridized carbons (Fsp3) is 0.143. The molecule has 0 aliphatic carbocycles. The number of carbonyl (C=O) groups is 1. The summed E-state index contributed by atoms with van der Waals surface area (Å²) in [6.07, 6.45) is 1.57. The number of anilines is 2. The summed E-state index contributed by atoms with van der Waals surface area (Å²) >= 11 is 3.52. The third-order valence-electron chi connectivity index (χ3n) is 2.64. The van der Waals surface area contributed by atoms with Crippen LogP contribution in [0, 0.1) is 6.92 Å². The number of methoxy groups -OCH3 is 1. The van der Waals surface area contributed by atoms with E-state index in [1.54, 1.807) is 18.3 Å². The average Bonchev–Trinajstić information content (AvgIpc) is 2.43. The van der Waals surface area contributed by atoms with Gasteiger partial charge >= 0.3 is 5.97 Å². The molecule has 0 atom stereocenters. The molecule has 0 bridgehead atoms. The van der Waals surface area contributed by atoms with Gasteiger partial charge in [-0.15, -0.1) is 0 Å². The monoisotopic (exact) mass is 320 g/mol. The molecule has 0 spiro atoms. The Morgan fingerprint density at radius 2 is 2.16 bits per heavy atom. The normalized spacial score (nSPS) is 10.1. The highest BCUT2D eigenvalue weighted by molar-refractivity contribution is 9.10. The van der Waals surface area contributed by atoms with Crippen molar-refractivity contribution in [3.63, 3.8) is 0 Å². The number of nitrogens with zero attached hydrogens (tertiary/aromatic N) is 1. The average molecular weight is 321 g/mol. The van der Waals surface area contributed by atoms with E-state index in [2.05, 4.69) is 31.0 Å². The molecule has 4 nitrogen and oxygen atoms in total. The molecule has 1 aromatic carbocycles. The van der Waals surface area contributed by atoms with Crippen molar-refractivity contribution in [2.75, 3.05) is 12.4 Å². The second kappa shape index (κ2) is 5.84. The summed E-state index contributed by atoms with van der Waals surface area (Å²) in [5.41, 5.74) is 2.48. The van der Waals surface area contributed by atoms with E-state index in [1.807, 2.05) is 25.1 Å². The molecule has 5 heteroatoms. The van der Waals surface area contributed by atoms with Crippen molar-refractivity contribution in [1.29, 1.82) is 0 Å². The first-order valence-corrected chi connectivity index (χ1v) is 6.47. The van der Waals surface area contributed by atoms with E-state index in [4.69, 9.17) is 0 Å². The van der Waals surface area contributed by atoms with Gasteiger partial charge in [0, 0.05) is 10.7 Å². The van der Waals surface area contributed by atoms with Crippen molar-refractivity contribution in [2.45, 2.75) is 6.92 Å². The van der Waals surface area contributed by atoms with Gasteiger partial charge in [0.25, 0.3) is 0 Å². The lowest BCUT2D eigenvalue weighted by atomic mass is 10.2. The summed E-state index contributed by atoms with van der Waals surface area (Å²) in [7, 11) is 1.35. The van der Waals surface area contributed by atoms with Crippen molar-refractivity contribution >= 4 is 33.4 Å². The van der Waals surface area contributed by atoms with Crippen LogP contribution >= 0.6 is 15.9 Å². The summed E-state index contributed by atoms with van der Waals surface area (Å²) in [6, 6.07) is 9.16. The van der Waals surface area contributed by atoms with Crippen molar-refractivity contribution < 1.29 is 9.53 Å². The minimum Gasteiger partial charge on any atom is -0.465 e. The van der Waals surface area contributed by atoms with Gasteiger partial charge in [0.2, 0.25) is 0 Å². The molecule has 0 fully saturated rings. The summed E-state index contributed by atoms with van der Waals surface area (Å²) in [5.74, 6) is 0.211. The Morgan fingerprint density at radius 3 is 2.89 bits per heavy atom. The van der Waals surface area contributed by atoms with Crippen LogP contribution < -0.4 is 5.32 Å². The zero-order valence-corrected chi connectivity index (χ0v) is 12.2. The van der Waals surface area contributed by atoms with Crippen LogP contribution in [0.3, 0.4) is 0 Å². The number of pyridine rings is 1. The third kappa shape index (κ3) is 3.12. The Hall–Kier alpha value is -1.88. The van der Waals surface area contributed by atoms with Gasteiger partial charge in [-0.05, 0) is 46.6 Å². The summed E-state index contributed by atoms with van der Waals surface area (Å²) in [5, 5.41) is 3.17. The number of benzene rings is 1. The number of ether oxygens (including phenoxy) is 1. The highest BCUT2D eigenvalue weighted by Crippen LogP contribution is 2.28. The number of hydrogen-bond donors (Lipinski definition) is 1. The van der Waals surface area contributed by atoms with Gasteiger partial charge in [0.1, 0.15) is 5.82 Å². The lowest BCUT2D eigenvalue weighted by molar-refractivity contribution is 0.0600. The number of hydrogen-bond acceptors (Lipinski definition) is 4. The van der Waals surface area contributed by atoms with Gasteiger partial charge in [0.15, 0.2) is 0 Å². The maximum Gasteiger partial charge on any atom is 0.338 e. The molecule has 98 valence electrons. The standard InChI is InChI=1S/C14H13BrN2O2/c1-9-4-3-5-11(13(9)15)17-12-8-10(6-7-16-12)14(18)19-2/h3-8H,1-2H3,(H,16,17). The molecule has 0 saturated heterocycles. The molecule has 0 saturated carbocycles. The Kier molecular flexibility index (Phi) is 4.16. The summed E-state index contributed by atoms with van der Waals surface area (Å²) < 4.78 is 5.65. The molecule has 1 N–H and O–H groups in total. The quantitative estimate of drug-likeness (QED) is 0.876. The number of halogens is 1. The SMILES string of the molecule is COC(=O)c1ccnc(Nc2cccc(C)c2Br)c1. The Bertz CT molecular complexity index is 614. The van der Waals surface area contributed by atoms with Gasteiger partial charge < -0.3 is 10.1 Å². The molecule has 0 unspecified atom stereocenters. The van der Waals surface area contributed by atoms with Crippen LogP contribution in [0.2, 0.25) is 0 Å². The number of aryl methyl sites for hydroxylation is 1. The maximum atomic E-state index is 11.5. The molecule has 19 heavy (non-hydrogen) atoms. The molecule has 1 heterocycles. The number of esters is 1. The van der Waals surface area contributed by atoms with Gasteiger partial charge in [-0.25, -0.2) is 9.78 Å². The van der Waals surface area contributed by atoms with Crippen LogP contribution in [0.15, 0.2) is 41.0 Å². The van der Waals surface area contributed by atoms with Crippen molar-refractivity contribution in [1.82, 2.24) is 4.98 Å². The van der Waals surface area contributed by atoms with Crippen molar-refractivity contribution in [3.8, 4) is 0 Å². The van der Waals surface area contributed by atoms with E-state index in [-0.39, 0.29) is 5.97 Å². The second-order valence-corrected chi connectivity index (χ2v) is 4.78. The van der Waals surface area contributed by atoms with E-state index in [0.717, 1.165) is 15.7 Å². The predicted molar refractivity (Wildman–Crippen MR) is 77.7 cm³/mol. The smallest absolute Gasteiger partial charge is 0.338 e. The fourth-order valence-electron chi connectivity index (χ4n) is 1.63. The Morgan fingerprint density at radius 1 is 1.37 bits per heavy atom. The minimum atomic E-state index is -0.381. The molecule has 0 amide bonds.